The maximum Gasteiger partial charge on any atom is 0.243 e. The third-order valence-corrected chi connectivity index (χ3v) is 7.16. The van der Waals surface area contributed by atoms with E-state index in [-0.39, 0.29) is 5.91 Å². The van der Waals surface area contributed by atoms with Crippen LogP contribution in [0.2, 0.25) is 0 Å². The molecule has 1 atom stereocenters. The van der Waals surface area contributed by atoms with Crippen molar-refractivity contribution in [3.8, 4) is 5.75 Å². The predicted molar refractivity (Wildman–Crippen MR) is 117 cm³/mol. The summed E-state index contributed by atoms with van der Waals surface area (Å²) in [7, 11) is -1.87. The largest absolute Gasteiger partial charge is 0.495 e. The fourth-order valence-electron chi connectivity index (χ4n) is 3.39. The van der Waals surface area contributed by atoms with E-state index < -0.39 is 16.1 Å². The molecule has 0 aromatic heterocycles. The first-order valence-corrected chi connectivity index (χ1v) is 11.6. The van der Waals surface area contributed by atoms with Gasteiger partial charge >= 0.3 is 0 Å². The molecule has 2 aromatic carbocycles. The molecule has 7 nitrogen and oxygen atoms in total. The molecule has 8 heteroatoms. The molecule has 2 N–H and O–H groups in total. The van der Waals surface area contributed by atoms with Crippen molar-refractivity contribution in [2.45, 2.75) is 43.7 Å². The highest BCUT2D eigenvalue weighted by Gasteiger charge is 2.25. The molecule has 0 radical (unpaired) electrons. The first-order chi connectivity index (χ1) is 14.4. The van der Waals surface area contributed by atoms with Crippen LogP contribution in [0, 0.1) is 0 Å². The molecule has 1 aliphatic rings. The summed E-state index contributed by atoms with van der Waals surface area (Å²) < 4.78 is 32.3. The highest BCUT2D eigenvalue weighted by molar-refractivity contribution is 7.89. The van der Waals surface area contributed by atoms with E-state index in [1.54, 1.807) is 54.7 Å². The van der Waals surface area contributed by atoms with Crippen LogP contribution < -0.4 is 15.4 Å². The van der Waals surface area contributed by atoms with Crippen LogP contribution >= 0.6 is 0 Å². The topological polar surface area (TPSA) is 87.7 Å². The van der Waals surface area contributed by atoms with E-state index in [1.807, 2.05) is 12.1 Å². The summed E-state index contributed by atoms with van der Waals surface area (Å²) in [6, 6.07) is 13.6. The number of hydrogen-bond acceptors (Lipinski definition) is 5. The van der Waals surface area contributed by atoms with Gasteiger partial charge in [-0.05, 0) is 49.6 Å². The lowest BCUT2D eigenvalue weighted by molar-refractivity contribution is -0.117. The number of methoxy groups -OCH3 is 1. The van der Waals surface area contributed by atoms with Crippen molar-refractivity contribution in [1.82, 2.24) is 9.62 Å². The minimum Gasteiger partial charge on any atom is -0.495 e. The zero-order chi connectivity index (χ0) is 21.6. The average molecular weight is 432 g/mol. The number of nitrogens with one attached hydrogen (secondary N) is 2. The second kappa shape index (κ2) is 10.1. The number of sulfonamides is 1. The number of nitrogens with zero attached hydrogens (tertiary/aromatic N) is 1. The number of piperidine rings is 1. The summed E-state index contributed by atoms with van der Waals surface area (Å²) in [6.07, 6.45) is 2.91. The van der Waals surface area contributed by atoms with Gasteiger partial charge in [-0.1, -0.05) is 30.7 Å². The van der Waals surface area contributed by atoms with E-state index in [2.05, 4.69) is 10.6 Å². The molecule has 1 unspecified atom stereocenters. The zero-order valence-corrected chi connectivity index (χ0v) is 18.2. The molecular weight excluding hydrogens is 402 g/mol. The van der Waals surface area contributed by atoms with Crippen LogP contribution in [0.4, 0.5) is 5.69 Å². The van der Waals surface area contributed by atoms with Gasteiger partial charge in [0.25, 0.3) is 0 Å². The van der Waals surface area contributed by atoms with E-state index in [1.165, 1.54) is 0 Å². The number of ether oxygens (including phenoxy) is 1. The number of rotatable bonds is 8. The fourth-order valence-corrected chi connectivity index (χ4v) is 4.90. The van der Waals surface area contributed by atoms with Crippen molar-refractivity contribution in [2.75, 3.05) is 25.5 Å². The number of anilines is 1. The van der Waals surface area contributed by atoms with Crippen molar-refractivity contribution in [1.29, 1.82) is 0 Å². The van der Waals surface area contributed by atoms with E-state index in [0.29, 0.717) is 36.0 Å². The molecule has 1 heterocycles. The minimum absolute atomic E-state index is 0.177. The number of carbonyl (C=O) groups is 1. The fraction of sp³-hybridized carbons (Fsp3) is 0.409. The SMILES string of the molecule is COc1ccccc1NC(=O)C(C)NCc1ccc(S(=O)(=O)N2CCCCC2)cc1. The standard InChI is InChI=1S/C22H29N3O4S/c1-17(22(26)24-20-8-4-5-9-21(20)29-2)23-16-18-10-12-19(13-11-18)30(27,28)25-14-6-3-7-15-25/h4-5,8-13,17,23H,3,6-7,14-16H2,1-2H3,(H,24,26). The van der Waals surface area contributed by atoms with Gasteiger partial charge in [0.15, 0.2) is 0 Å². The zero-order valence-electron chi connectivity index (χ0n) is 17.4. The van der Waals surface area contributed by atoms with E-state index in [9.17, 15) is 13.2 Å². The molecule has 3 rings (SSSR count). The van der Waals surface area contributed by atoms with Gasteiger partial charge in [-0.2, -0.15) is 4.31 Å². The normalized spacial score (nSPS) is 16.1. The third kappa shape index (κ3) is 5.38. The third-order valence-electron chi connectivity index (χ3n) is 5.25. The lowest BCUT2D eigenvalue weighted by Crippen LogP contribution is -2.37. The quantitative estimate of drug-likeness (QED) is 0.671. The maximum absolute atomic E-state index is 12.7. The maximum atomic E-state index is 12.7. The van der Waals surface area contributed by atoms with Gasteiger partial charge in [0, 0.05) is 19.6 Å². The van der Waals surface area contributed by atoms with Crippen LogP contribution in [0.25, 0.3) is 0 Å². The summed E-state index contributed by atoms with van der Waals surface area (Å²) >= 11 is 0. The Morgan fingerprint density at radius 3 is 2.40 bits per heavy atom. The molecule has 30 heavy (non-hydrogen) atoms. The summed E-state index contributed by atoms with van der Waals surface area (Å²) in [5.74, 6) is 0.423. The summed E-state index contributed by atoms with van der Waals surface area (Å²) in [4.78, 5) is 12.8. The first-order valence-electron chi connectivity index (χ1n) is 10.2. The lowest BCUT2D eigenvalue weighted by Gasteiger charge is -2.25. The van der Waals surface area contributed by atoms with Gasteiger partial charge in [0.2, 0.25) is 15.9 Å². The molecule has 0 spiro atoms. The highest BCUT2D eigenvalue weighted by atomic mass is 32.2. The highest BCUT2D eigenvalue weighted by Crippen LogP contribution is 2.23. The lowest BCUT2D eigenvalue weighted by atomic mass is 10.2. The van der Waals surface area contributed by atoms with Gasteiger partial charge in [-0.3, -0.25) is 4.79 Å². The number of amides is 1. The van der Waals surface area contributed by atoms with Crippen LogP contribution in [0.1, 0.15) is 31.7 Å². The summed E-state index contributed by atoms with van der Waals surface area (Å²) in [6.45, 7) is 3.40. The second-order valence-electron chi connectivity index (χ2n) is 7.40. The summed E-state index contributed by atoms with van der Waals surface area (Å²) in [5.41, 5.74) is 1.52. The van der Waals surface area contributed by atoms with Crippen LogP contribution in [0.5, 0.6) is 5.75 Å². The monoisotopic (exact) mass is 431 g/mol. The summed E-state index contributed by atoms with van der Waals surface area (Å²) in [5, 5.41) is 6.02. The number of carbonyl (C=O) groups excluding carboxylic acids is 1. The predicted octanol–water partition coefficient (Wildman–Crippen LogP) is 2.99. The van der Waals surface area contributed by atoms with Gasteiger partial charge in [-0.25, -0.2) is 8.42 Å². The molecule has 0 aliphatic carbocycles. The Bertz CT molecular complexity index is 955. The number of hydrogen-bond donors (Lipinski definition) is 2. The Hall–Kier alpha value is -2.42. The van der Waals surface area contributed by atoms with Crippen molar-refractivity contribution < 1.29 is 17.9 Å². The molecule has 1 saturated heterocycles. The van der Waals surface area contributed by atoms with E-state index in [0.717, 1.165) is 24.8 Å². The van der Waals surface area contributed by atoms with Crippen molar-refractivity contribution in [3.63, 3.8) is 0 Å². The molecule has 1 amide bonds. The van der Waals surface area contributed by atoms with Crippen molar-refractivity contribution in [3.05, 3.63) is 54.1 Å². The second-order valence-corrected chi connectivity index (χ2v) is 9.34. The Kier molecular flexibility index (Phi) is 7.47. The van der Waals surface area contributed by atoms with Crippen LogP contribution in [0.15, 0.2) is 53.4 Å². The van der Waals surface area contributed by atoms with Gasteiger partial charge in [0.05, 0.1) is 23.7 Å². The van der Waals surface area contributed by atoms with E-state index in [4.69, 9.17) is 4.74 Å². The van der Waals surface area contributed by atoms with Gasteiger partial charge < -0.3 is 15.4 Å². The Balaban J connectivity index is 1.56. The minimum atomic E-state index is -3.43. The molecule has 0 saturated carbocycles. The Morgan fingerprint density at radius 1 is 1.07 bits per heavy atom. The Morgan fingerprint density at radius 2 is 1.73 bits per heavy atom. The first kappa shape index (κ1) is 22.3. The number of benzene rings is 2. The molecule has 0 bridgehead atoms. The average Bonchev–Trinajstić information content (AvgIpc) is 2.78. The number of para-hydroxylation sites is 2. The Labute approximate surface area is 178 Å². The van der Waals surface area contributed by atoms with Crippen LogP contribution in [0.3, 0.4) is 0 Å². The molecule has 1 fully saturated rings. The molecule has 2 aromatic rings. The van der Waals surface area contributed by atoms with Gasteiger partial charge in [0.1, 0.15) is 5.75 Å². The van der Waals surface area contributed by atoms with E-state index >= 15 is 0 Å². The molecule has 1 aliphatic heterocycles. The smallest absolute Gasteiger partial charge is 0.243 e. The van der Waals surface area contributed by atoms with Crippen LogP contribution in [-0.4, -0.2) is 44.9 Å². The van der Waals surface area contributed by atoms with Crippen molar-refractivity contribution in [2.24, 2.45) is 0 Å². The van der Waals surface area contributed by atoms with Crippen LogP contribution in [-0.2, 0) is 21.4 Å². The molecule has 162 valence electrons. The molecular formula is C22H29N3O4S. The van der Waals surface area contributed by atoms with Gasteiger partial charge in [-0.15, -0.1) is 0 Å². The van der Waals surface area contributed by atoms with Crippen molar-refractivity contribution >= 4 is 21.6 Å².